The highest BCUT2D eigenvalue weighted by atomic mass is 79.9. The van der Waals surface area contributed by atoms with Crippen LogP contribution in [0.3, 0.4) is 0 Å². The molecule has 1 atom stereocenters. The molecule has 0 spiro atoms. The number of fused-ring (bicyclic) bond motifs is 1. The van der Waals surface area contributed by atoms with Crippen molar-refractivity contribution < 1.29 is 9.90 Å². The van der Waals surface area contributed by atoms with Crippen molar-refractivity contribution in [1.82, 2.24) is 4.90 Å². The average Bonchev–Trinajstić information content (AvgIpc) is 2.46. The zero-order chi connectivity index (χ0) is 14.8. The van der Waals surface area contributed by atoms with Crippen LogP contribution in [0, 0.1) is 0 Å². The van der Waals surface area contributed by atoms with Gasteiger partial charge in [0.25, 0.3) is 0 Å². The Labute approximate surface area is 132 Å². The zero-order valence-electron chi connectivity index (χ0n) is 11.5. The summed E-state index contributed by atoms with van der Waals surface area (Å²) in [4.78, 5) is 13.7. The fourth-order valence-electron chi connectivity index (χ4n) is 2.91. The van der Waals surface area contributed by atoms with E-state index in [2.05, 4.69) is 33.0 Å². The fourth-order valence-corrected chi connectivity index (χ4v) is 3.35. The van der Waals surface area contributed by atoms with Gasteiger partial charge in [0, 0.05) is 24.1 Å². The van der Waals surface area contributed by atoms with Crippen molar-refractivity contribution in [3.63, 3.8) is 0 Å². The Morgan fingerprint density at radius 1 is 1.24 bits per heavy atom. The van der Waals surface area contributed by atoms with Crippen LogP contribution in [0.1, 0.15) is 22.6 Å². The van der Waals surface area contributed by atoms with E-state index in [9.17, 15) is 9.90 Å². The van der Waals surface area contributed by atoms with E-state index < -0.39 is 11.9 Å². The van der Waals surface area contributed by atoms with Crippen molar-refractivity contribution >= 4 is 21.9 Å². The van der Waals surface area contributed by atoms with Gasteiger partial charge in [0.2, 0.25) is 0 Å². The fraction of sp³-hybridized carbons (Fsp3) is 0.235. The van der Waals surface area contributed by atoms with E-state index in [-0.39, 0.29) is 0 Å². The molecule has 2 aromatic rings. The number of halogens is 1. The Kier molecular flexibility index (Phi) is 4.08. The van der Waals surface area contributed by atoms with Crippen molar-refractivity contribution in [3.05, 3.63) is 69.7 Å². The molecule has 108 valence electrons. The lowest BCUT2D eigenvalue weighted by Gasteiger charge is -2.32. The number of benzene rings is 2. The molecule has 0 fully saturated rings. The molecule has 1 heterocycles. The van der Waals surface area contributed by atoms with Crippen molar-refractivity contribution in [3.8, 4) is 0 Å². The maximum Gasteiger partial charge on any atom is 0.312 e. The molecule has 21 heavy (non-hydrogen) atoms. The van der Waals surface area contributed by atoms with Gasteiger partial charge in [-0.3, -0.25) is 9.69 Å². The van der Waals surface area contributed by atoms with Crippen LogP contribution in [0.15, 0.2) is 53.0 Å². The quantitative estimate of drug-likeness (QED) is 0.923. The van der Waals surface area contributed by atoms with Gasteiger partial charge in [-0.2, -0.15) is 0 Å². The minimum atomic E-state index is -0.749. The molecule has 0 saturated carbocycles. The predicted molar refractivity (Wildman–Crippen MR) is 85.1 cm³/mol. The van der Waals surface area contributed by atoms with Crippen LogP contribution in [-0.2, 0) is 17.9 Å². The highest BCUT2D eigenvalue weighted by Gasteiger charge is 2.29. The van der Waals surface area contributed by atoms with Crippen molar-refractivity contribution in [1.29, 1.82) is 0 Å². The van der Waals surface area contributed by atoms with Crippen LogP contribution < -0.4 is 0 Å². The number of hydrogen-bond donors (Lipinski definition) is 1. The SMILES string of the molecule is O=C(O)C1CN(Cc2cccc(Br)c2)Cc2ccccc21. The van der Waals surface area contributed by atoms with Gasteiger partial charge in [-0.05, 0) is 28.8 Å². The second kappa shape index (κ2) is 6.00. The molecule has 1 aliphatic rings. The molecule has 0 bridgehead atoms. The second-order valence-electron chi connectivity index (χ2n) is 5.39. The number of hydrogen-bond acceptors (Lipinski definition) is 2. The van der Waals surface area contributed by atoms with Gasteiger partial charge in [-0.15, -0.1) is 0 Å². The summed E-state index contributed by atoms with van der Waals surface area (Å²) < 4.78 is 1.05. The summed E-state index contributed by atoms with van der Waals surface area (Å²) in [5, 5.41) is 9.48. The average molecular weight is 346 g/mol. The Bertz CT molecular complexity index is 671. The summed E-state index contributed by atoms with van der Waals surface area (Å²) in [6, 6.07) is 16.0. The minimum absolute atomic E-state index is 0.442. The van der Waals surface area contributed by atoms with Crippen molar-refractivity contribution in [2.45, 2.75) is 19.0 Å². The number of rotatable bonds is 3. The Morgan fingerprint density at radius 2 is 2.05 bits per heavy atom. The topological polar surface area (TPSA) is 40.5 Å². The van der Waals surface area contributed by atoms with E-state index in [1.165, 1.54) is 5.56 Å². The lowest BCUT2D eigenvalue weighted by atomic mass is 9.89. The smallest absolute Gasteiger partial charge is 0.312 e. The number of carboxylic acids is 1. The summed E-state index contributed by atoms with van der Waals surface area (Å²) in [6.45, 7) is 2.11. The lowest BCUT2D eigenvalue weighted by Crippen LogP contribution is -2.36. The third-order valence-electron chi connectivity index (χ3n) is 3.86. The molecular formula is C17H16BrNO2. The molecule has 0 saturated heterocycles. The summed E-state index contributed by atoms with van der Waals surface area (Å²) in [7, 11) is 0. The molecule has 4 heteroatoms. The highest BCUT2D eigenvalue weighted by molar-refractivity contribution is 9.10. The molecule has 3 nitrogen and oxygen atoms in total. The van der Waals surface area contributed by atoms with Gasteiger partial charge >= 0.3 is 5.97 Å². The largest absolute Gasteiger partial charge is 0.481 e. The highest BCUT2D eigenvalue weighted by Crippen LogP contribution is 2.29. The summed E-state index contributed by atoms with van der Waals surface area (Å²) in [6.07, 6.45) is 0. The summed E-state index contributed by atoms with van der Waals surface area (Å²) in [5.41, 5.74) is 3.26. The molecule has 1 unspecified atom stereocenters. The van der Waals surface area contributed by atoms with Gasteiger partial charge in [0.05, 0.1) is 5.92 Å². The summed E-state index contributed by atoms with van der Waals surface area (Å²) >= 11 is 3.48. The monoisotopic (exact) mass is 345 g/mol. The van der Waals surface area contributed by atoms with Gasteiger partial charge < -0.3 is 5.11 Å². The molecule has 0 aromatic heterocycles. The van der Waals surface area contributed by atoms with Crippen molar-refractivity contribution in [2.24, 2.45) is 0 Å². The normalized spacial score (nSPS) is 18.2. The molecular weight excluding hydrogens is 330 g/mol. The standard InChI is InChI=1S/C17H16BrNO2/c18-14-6-3-4-12(8-14)9-19-10-13-5-1-2-7-15(13)16(11-19)17(20)21/h1-8,16H,9-11H2,(H,20,21). The predicted octanol–water partition coefficient (Wildman–Crippen LogP) is 3.63. The Hall–Kier alpha value is -1.65. The van der Waals surface area contributed by atoms with Crippen LogP contribution >= 0.6 is 15.9 Å². The molecule has 0 amide bonds. The first-order valence-corrected chi connectivity index (χ1v) is 7.70. The van der Waals surface area contributed by atoms with E-state index in [4.69, 9.17) is 0 Å². The van der Waals surface area contributed by atoms with E-state index in [1.807, 2.05) is 36.4 Å². The number of carbonyl (C=O) groups is 1. The molecule has 1 N–H and O–H groups in total. The van der Waals surface area contributed by atoms with Crippen molar-refractivity contribution in [2.75, 3.05) is 6.54 Å². The lowest BCUT2D eigenvalue weighted by molar-refractivity contribution is -0.139. The molecule has 3 rings (SSSR count). The van der Waals surface area contributed by atoms with Crippen LogP contribution in [0.5, 0.6) is 0 Å². The van der Waals surface area contributed by atoms with E-state index in [0.717, 1.165) is 28.7 Å². The van der Waals surface area contributed by atoms with Gasteiger partial charge in [0.15, 0.2) is 0 Å². The van der Waals surface area contributed by atoms with Crippen LogP contribution in [0.4, 0.5) is 0 Å². The van der Waals surface area contributed by atoms with Gasteiger partial charge in [-0.1, -0.05) is 52.3 Å². The minimum Gasteiger partial charge on any atom is -0.481 e. The second-order valence-corrected chi connectivity index (χ2v) is 6.30. The molecule has 0 aliphatic carbocycles. The van der Waals surface area contributed by atoms with Crippen LogP contribution in [0.25, 0.3) is 0 Å². The zero-order valence-corrected chi connectivity index (χ0v) is 13.1. The maximum absolute atomic E-state index is 11.5. The van der Waals surface area contributed by atoms with Crippen LogP contribution in [0.2, 0.25) is 0 Å². The third kappa shape index (κ3) is 3.17. The first kappa shape index (κ1) is 14.3. The number of aliphatic carboxylic acids is 1. The summed E-state index contributed by atoms with van der Waals surface area (Å²) in [5.74, 6) is -1.19. The maximum atomic E-state index is 11.5. The molecule has 1 aliphatic heterocycles. The third-order valence-corrected chi connectivity index (χ3v) is 4.35. The van der Waals surface area contributed by atoms with E-state index in [0.29, 0.717) is 6.54 Å². The molecule has 0 radical (unpaired) electrons. The molecule has 2 aromatic carbocycles. The Balaban J connectivity index is 1.85. The number of nitrogens with zero attached hydrogens (tertiary/aromatic N) is 1. The van der Waals surface area contributed by atoms with E-state index in [1.54, 1.807) is 0 Å². The van der Waals surface area contributed by atoms with E-state index >= 15 is 0 Å². The van der Waals surface area contributed by atoms with Gasteiger partial charge in [-0.25, -0.2) is 0 Å². The van der Waals surface area contributed by atoms with Crippen LogP contribution in [-0.4, -0.2) is 22.5 Å². The number of carboxylic acid groups (broad SMARTS) is 1. The van der Waals surface area contributed by atoms with Gasteiger partial charge in [0.1, 0.15) is 0 Å². The first-order chi connectivity index (χ1) is 10.1. The Morgan fingerprint density at radius 3 is 2.81 bits per heavy atom. The first-order valence-electron chi connectivity index (χ1n) is 6.91.